The van der Waals surface area contributed by atoms with Crippen LogP contribution in [-0.4, -0.2) is 34.9 Å². The lowest BCUT2D eigenvalue weighted by Crippen LogP contribution is -2.45. The summed E-state index contributed by atoms with van der Waals surface area (Å²) in [5.74, 6) is -0.0827. The number of hydrogen-bond donors (Lipinski definition) is 3. The standard InChI is InChI=1S/C66H117NO3/c1-3-5-7-9-11-13-15-17-19-21-23-25-27-29-31-32-33-34-36-37-39-41-43-45-47-49-51-53-55-57-59-61-65(69)64(63-68)67-66(70)62-60-58-56-54-52-50-48-46-44-42-40-38-35-30-28-26-24-22-20-18-16-14-12-10-8-6-4-2/h6,8,12,14,18,20,24,26,30,35,43,45,51,53,59,61,64-65,68-69H,3-5,7,9-11,13,15-17,19,21-23,25,27-29,31-34,36-42,44,46-50,52,54-58,60,62-63H2,1-2H3,(H,67,70)/b8-6-,14-12-,20-18-,26-24-,35-30-,45-43+,53-51+,61-59+. The molecule has 0 spiro atoms. The molecule has 0 saturated carbocycles. The number of nitrogens with one attached hydrogen (secondary N) is 1. The van der Waals surface area contributed by atoms with Crippen LogP contribution in [0.1, 0.15) is 296 Å². The first kappa shape index (κ1) is 67.3. The largest absolute Gasteiger partial charge is 0.394 e. The minimum absolute atomic E-state index is 0.0827. The normalized spacial score (nSPS) is 13.5. The minimum Gasteiger partial charge on any atom is -0.394 e. The van der Waals surface area contributed by atoms with Crippen molar-refractivity contribution >= 4 is 5.91 Å². The summed E-state index contributed by atoms with van der Waals surface area (Å²) in [7, 11) is 0. The van der Waals surface area contributed by atoms with Gasteiger partial charge < -0.3 is 15.5 Å². The molecular weight excluding hydrogens is 855 g/mol. The van der Waals surface area contributed by atoms with Gasteiger partial charge in [-0.1, -0.05) is 297 Å². The van der Waals surface area contributed by atoms with E-state index >= 15 is 0 Å². The van der Waals surface area contributed by atoms with Gasteiger partial charge >= 0.3 is 0 Å². The van der Waals surface area contributed by atoms with Crippen molar-refractivity contribution in [2.24, 2.45) is 0 Å². The van der Waals surface area contributed by atoms with E-state index in [1.165, 1.54) is 205 Å². The van der Waals surface area contributed by atoms with Crippen molar-refractivity contribution in [3.8, 4) is 0 Å². The zero-order valence-corrected chi connectivity index (χ0v) is 46.5. The van der Waals surface area contributed by atoms with Gasteiger partial charge in [-0.25, -0.2) is 0 Å². The fraction of sp³-hybridized carbons (Fsp3) is 0.742. The van der Waals surface area contributed by atoms with E-state index in [1.807, 2.05) is 6.08 Å². The molecule has 0 aliphatic carbocycles. The third-order valence-corrected chi connectivity index (χ3v) is 13.5. The Hall–Kier alpha value is -2.69. The molecule has 4 nitrogen and oxygen atoms in total. The number of amides is 1. The van der Waals surface area contributed by atoms with Gasteiger partial charge in [0, 0.05) is 6.42 Å². The smallest absolute Gasteiger partial charge is 0.220 e. The number of unbranched alkanes of at least 4 members (excludes halogenated alkanes) is 34. The fourth-order valence-electron chi connectivity index (χ4n) is 8.95. The molecule has 0 rings (SSSR count). The molecule has 0 saturated heterocycles. The fourth-order valence-corrected chi connectivity index (χ4v) is 8.95. The van der Waals surface area contributed by atoms with E-state index in [1.54, 1.807) is 6.08 Å². The van der Waals surface area contributed by atoms with Crippen molar-refractivity contribution < 1.29 is 15.0 Å². The number of rotatable bonds is 55. The number of carbonyl (C=O) groups excluding carboxylic acids is 1. The average molecular weight is 973 g/mol. The van der Waals surface area contributed by atoms with Gasteiger partial charge in [-0.3, -0.25) is 4.79 Å². The molecule has 0 aromatic rings. The molecule has 0 bridgehead atoms. The molecule has 2 unspecified atom stereocenters. The van der Waals surface area contributed by atoms with Gasteiger partial charge in [-0.2, -0.15) is 0 Å². The summed E-state index contributed by atoms with van der Waals surface area (Å²) in [6, 6.07) is -0.655. The summed E-state index contributed by atoms with van der Waals surface area (Å²) in [6.07, 6.45) is 90.2. The first-order valence-electron chi connectivity index (χ1n) is 30.5. The Balaban J connectivity index is 3.57. The zero-order valence-electron chi connectivity index (χ0n) is 46.5. The van der Waals surface area contributed by atoms with Crippen LogP contribution in [0, 0.1) is 0 Å². The van der Waals surface area contributed by atoms with Crippen LogP contribution in [0.25, 0.3) is 0 Å². The number of hydrogen-bond acceptors (Lipinski definition) is 3. The van der Waals surface area contributed by atoms with Gasteiger partial charge in [0.2, 0.25) is 5.91 Å². The van der Waals surface area contributed by atoms with Crippen molar-refractivity contribution in [3.63, 3.8) is 0 Å². The summed E-state index contributed by atoms with van der Waals surface area (Å²) in [4.78, 5) is 12.5. The predicted molar refractivity (Wildman–Crippen MR) is 313 cm³/mol. The molecule has 0 aliphatic heterocycles. The molecule has 0 aromatic carbocycles. The summed E-state index contributed by atoms with van der Waals surface area (Å²) < 4.78 is 0. The highest BCUT2D eigenvalue weighted by Crippen LogP contribution is 2.17. The van der Waals surface area contributed by atoms with Gasteiger partial charge in [0.1, 0.15) is 0 Å². The van der Waals surface area contributed by atoms with Gasteiger partial charge in [0.25, 0.3) is 0 Å². The zero-order chi connectivity index (χ0) is 50.6. The number of aliphatic hydroxyl groups excluding tert-OH is 2. The molecule has 0 heterocycles. The second-order valence-corrected chi connectivity index (χ2v) is 20.4. The topological polar surface area (TPSA) is 69.6 Å². The highest BCUT2D eigenvalue weighted by atomic mass is 16.3. The van der Waals surface area contributed by atoms with Gasteiger partial charge in [-0.15, -0.1) is 0 Å². The van der Waals surface area contributed by atoms with Crippen LogP contribution in [0.3, 0.4) is 0 Å². The lowest BCUT2D eigenvalue weighted by atomic mass is 10.0. The molecule has 70 heavy (non-hydrogen) atoms. The van der Waals surface area contributed by atoms with E-state index in [-0.39, 0.29) is 12.5 Å². The number of allylic oxidation sites excluding steroid dienone is 15. The van der Waals surface area contributed by atoms with Crippen LogP contribution in [-0.2, 0) is 4.79 Å². The van der Waals surface area contributed by atoms with Crippen LogP contribution in [0.15, 0.2) is 97.2 Å². The van der Waals surface area contributed by atoms with Gasteiger partial charge in [0.15, 0.2) is 0 Å². The molecule has 1 amide bonds. The Bertz CT molecular complexity index is 1290. The third kappa shape index (κ3) is 56.2. The van der Waals surface area contributed by atoms with Crippen LogP contribution in [0.2, 0.25) is 0 Å². The minimum atomic E-state index is -0.879. The van der Waals surface area contributed by atoms with Gasteiger partial charge in [0.05, 0.1) is 18.8 Å². The van der Waals surface area contributed by atoms with Gasteiger partial charge in [-0.05, 0) is 89.9 Å². The van der Waals surface area contributed by atoms with Crippen molar-refractivity contribution in [2.45, 2.75) is 309 Å². The molecule has 3 N–H and O–H groups in total. The Morgan fingerprint density at radius 3 is 1.00 bits per heavy atom. The molecule has 0 aliphatic rings. The maximum atomic E-state index is 12.5. The van der Waals surface area contributed by atoms with E-state index in [0.29, 0.717) is 6.42 Å². The maximum absolute atomic E-state index is 12.5. The number of aliphatic hydroxyl groups is 2. The molecule has 0 radical (unpaired) electrons. The van der Waals surface area contributed by atoms with Crippen LogP contribution < -0.4 is 5.32 Å². The Morgan fingerprint density at radius 1 is 0.357 bits per heavy atom. The quantitative estimate of drug-likeness (QED) is 0.0420. The molecule has 2 atom stereocenters. The number of carbonyl (C=O) groups is 1. The monoisotopic (exact) mass is 972 g/mol. The lowest BCUT2D eigenvalue weighted by Gasteiger charge is -2.19. The summed E-state index contributed by atoms with van der Waals surface area (Å²) in [6.45, 7) is 4.20. The van der Waals surface area contributed by atoms with Crippen molar-refractivity contribution in [2.75, 3.05) is 6.61 Å². The second-order valence-electron chi connectivity index (χ2n) is 20.4. The van der Waals surface area contributed by atoms with Crippen molar-refractivity contribution in [1.82, 2.24) is 5.32 Å². The van der Waals surface area contributed by atoms with Crippen molar-refractivity contribution in [1.29, 1.82) is 0 Å². The van der Waals surface area contributed by atoms with Crippen LogP contribution >= 0.6 is 0 Å². The molecule has 4 heteroatoms. The highest BCUT2D eigenvalue weighted by molar-refractivity contribution is 5.76. The molecular formula is C66H117NO3. The van der Waals surface area contributed by atoms with Crippen LogP contribution in [0.4, 0.5) is 0 Å². The molecule has 404 valence electrons. The predicted octanol–water partition coefficient (Wildman–Crippen LogP) is 20.5. The third-order valence-electron chi connectivity index (χ3n) is 13.5. The summed E-state index contributed by atoms with van der Waals surface area (Å²) in [5.41, 5.74) is 0. The van der Waals surface area contributed by atoms with Crippen LogP contribution in [0.5, 0.6) is 0 Å². The average Bonchev–Trinajstić information content (AvgIpc) is 3.36. The lowest BCUT2D eigenvalue weighted by molar-refractivity contribution is -0.123. The van der Waals surface area contributed by atoms with E-state index in [9.17, 15) is 15.0 Å². The molecule has 0 fully saturated rings. The SMILES string of the molecule is CC/C=C\C/C=C\C/C=C\C/C=C\C/C=C\CCCCCCCCCCCCCC(=O)NC(CO)C(O)/C=C/CC/C=C/CC/C=C/CCCCCCCCCCCCCCCCCCCCCCC. The highest BCUT2D eigenvalue weighted by Gasteiger charge is 2.18. The van der Waals surface area contributed by atoms with E-state index < -0.39 is 12.1 Å². The summed E-state index contributed by atoms with van der Waals surface area (Å²) >= 11 is 0. The van der Waals surface area contributed by atoms with E-state index in [4.69, 9.17) is 0 Å². The Kier molecular flexibility index (Phi) is 58.3. The maximum Gasteiger partial charge on any atom is 0.220 e. The Labute approximate surface area is 436 Å². The summed E-state index contributed by atoms with van der Waals surface area (Å²) in [5, 5.41) is 23.2. The Morgan fingerprint density at radius 2 is 0.643 bits per heavy atom. The first-order valence-corrected chi connectivity index (χ1v) is 30.5. The first-order chi connectivity index (χ1) is 34.7. The second kappa shape index (κ2) is 60.6. The van der Waals surface area contributed by atoms with E-state index in [2.05, 4.69) is 104 Å². The molecule has 0 aromatic heterocycles. The van der Waals surface area contributed by atoms with Crippen molar-refractivity contribution in [3.05, 3.63) is 97.2 Å². The van der Waals surface area contributed by atoms with E-state index in [0.717, 1.165) is 70.6 Å².